The SMILES string of the molecule is O=C(Cc1cnn(-c2ccccc2)c1)NCc1cccnc1OC1CCCC1. The van der Waals surface area contributed by atoms with Crippen molar-refractivity contribution in [2.24, 2.45) is 0 Å². The molecule has 0 saturated heterocycles. The van der Waals surface area contributed by atoms with E-state index in [1.165, 1.54) is 12.8 Å². The van der Waals surface area contributed by atoms with Gasteiger partial charge in [0.25, 0.3) is 0 Å². The number of hydrogen-bond acceptors (Lipinski definition) is 4. The lowest BCUT2D eigenvalue weighted by Gasteiger charge is -2.15. The van der Waals surface area contributed by atoms with Crippen molar-refractivity contribution in [2.45, 2.75) is 44.8 Å². The zero-order valence-electron chi connectivity index (χ0n) is 15.8. The molecule has 1 amide bonds. The van der Waals surface area contributed by atoms with Crippen LogP contribution in [-0.2, 0) is 17.8 Å². The zero-order chi connectivity index (χ0) is 19.2. The maximum atomic E-state index is 12.4. The number of amides is 1. The molecule has 0 bridgehead atoms. The number of aromatic nitrogens is 3. The topological polar surface area (TPSA) is 69.0 Å². The molecule has 0 atom stereocenters. The van der Waals surface area contributed by atoms with Crippen LogP contribution in [0.15, 0.2) is 61.1 Å². The van der Waals surface area contributed by atoms with E-state index in [9.17, 15) is 4.79 Å². The molecule has 1 N–H and O–H groups in total. The predicted octanol–water partition coefficient (Wildman–Crippen LogP) is 3.45. The molecule has 1 aliphatic carbocycles. The van der Waals surface area contributed by atoms with Crippen LogP contribution in [-0.4, -0.2) is 26.8 Å². The number of ether oxygens (including phenoxy) is 1. The Bertz CT molecular complexity index is 917. The third-order valence-corrected chi connectivity index (χ3v) is 4.93. The van der Waals surface area contributed by atoms with Crippen molar-refractivity contribution in [2.75, 3.05) is 0 Å². The fourth-order valence-electron chi connectivity index (χ4n) is 3.44. The second-order valence-electron chi connectivity index (χ2n) is 7.07. The molecule has 6 nitrogen and oxygen atoms in total. The average molecular weight is 376 g/mol. The van der Waals surface area contributed by atoms with Crippen molar-refractivity contribution in [1.82, 2.24) is 20.1 Å². The lowest BCUT2D eigenvalue weighted by Crippen LogP contribution is -2.25. The standard InChI is InChI=1S/C22H24N4O2/c27-21(13-17-14-25-26(16-17)19-8-2-1-3-9-19)24-15-18-7-6-12-23-22(18)28-20-10-4-5-11-20/h1-3,6-9,12,14,16,20H,4-5,10-11,13,15H2,(H,24,27). The average Bonchev–Trinajstić information content (AvgIpc) is 3.40. The van der Waals surface area contributed by atoms with Gasteiger partial charge >= 0.3 is 0 Å². The van der Waals surface area contributed by atoms with Gasteiger partial charge in [0.2, 0.25) is 11.8 Å². The van der Waals surface area contributed by atoms with Gasteiger partial charge in [0, 0.05) is 24.5 Å². The zero-order valence-corrected chi connectivity index (χ0v) is 15.8. The van der Waals surface area contributed by atoms with Gasteiger partial charge in [-0.15, -0.1) is 0 Å². The second-order valence-corrected chi connectivity index (χ2v) is 7.07. The summed E-state index contributed by atoms with van der Waals surface area (Å²) in [4.78, 5) is 16.7. The number of nitrogens with one attached hydrogen (secondary N) is 1. The molecule has 0 aliphatic heterocycles. The number of para-hydroxylation sites is 1. The first-order valence-corrected chi connectivity index (χ1v) is 9.74. The Labute approximate surface area is 164 Å². The Morgan fingerprint density at radius 1 is 1.14 bits per heavy atom. The van der Waals surface area contributed by atoms with Crippen LogP contribution in [0.2, 0.25) is 0 Å². The summed E-state index contributed by atoms with van der Waals surface area (Å²) >= 11 is 0. The normalized spacial score (nSPS) is 14.1. The van der Waals surface area contributed by atoms with Crippen molar-refractivity contribution < 1.29 is 9.53 Å². The van der Waals surface area contributed by atoms with Crippen LogP contribution in [0.1, 0.15) is 36.8 Å². The minimum Gasteiger partial charge on any atom is -0.474 e. The maximum absolute atomic E-state index is 12.4. The van der Waals surface area contributed by atoms with E-state index in [-0.39, 0.29) is 18.4 Å². The van der Waals surface area contributed by atoms with Gasteiger partial charge in [0.1, 0.15) is 6.10 Å². The summed E-state index contributed by atoms with van der Waals surface area (Å²) in [6.07, 6.45) is 10.4. The summed E-state index contributed by atoms with van der Waals surface area (Å²) in [7, 11) is 0. The highest BCUT2D eigenvalue weighted by molar-refractivity contribution is 5.78. The maximum Gasteiger partial charge on any atom is 0.224 e. The minimum atomic E-state index is -0.0525. The number of carbonyl (C=O) groups excluding carboxylic acids is 1. The quantitative estimate of drug-likeness (QED) is 0.686. The molecule has 28 heavy (non-hydrogen) atoms. The van der Waals surface area contributed by atoms with Gasteiger partial charge in [0.15, 0.2) is 0 Å². The second kappa shape index (κ2) is 8.69. The van der Waals surface area contributed by atoms with Crippen molar-refractivity contribution in [1.29, 1.82) is 0 Å². The summed E-state index contributed by atoms with van der Waals surface area (Å²) in [5.74, 6) is 0.579. The molecular formula is C22H24N4O2. The third kappa shape index (κ3) is 4.57. The van der Waals surface area contributed by atoms with Crippen LogP contribution in [0.5, 0.6) is 5.88 Å². The first kappa shape index (κ1) is 18.2. The van der Waals surface area contributed by atoms with Crippen molar-refractivity contribution in [3.8, 4) is 11.6 Å². The van der Waals surface area contributed by atoms with E-state index in [0.717, 1.165) is 29.7 Å². The summed E-state index contributed by atoms with van der Waals surface area (Å²) in [5.41, 5.74) is 2.75. The van der Waals surface area contributed by atoms with Crippen LogP contribution in [0.3, 0.4) is 0 Å². The van der Waals surface area contributed by atoms with Crippen molar-refractivity contribution >= 4 is 5.91 Å². The number of hydrogen-bond donors (Lipinski definition) is 1. The molecule has 4 rings (SSSR count). The number of pyridine rings is 1. The highest BCUT2D eigenvalue weighted by Crippen LogP contribution is 2.24. The van der Waals surface area contributed by atoms with Gasteiger partial charge in [-0.25, -0.2) is 9.67 Å². The van der Waals surface area contributed by atoms with E-state index in [4.69, 9.17) is 4.74 Å². The van der Waals surface area contributed by atoms with Gasteiger partial charge in [-0.05, 0) is 49.4 Å². The molecule has 1 aliphatic rings. The third-order valence-electron chi connectivity index (χ3n) is 4.93. The largest absolute Gasteiger partial charge is 0.474 e. The molecule has 1 aromatic carbocycles. The van der Waals surface area contributed by atoms with Crippen LogP contribution in [0.25, 0.3) is 5.69 Å². The predicted molar refractivity (Wildman–Crippen MR) is 106 cm³/mol. The lowest BCUT2D eigenvalue weighted by atomic mass is 10.2. The fraction of sp³-hybridized carbons (Fsp3) is 0.318. The van der Waals surface area contributed by atoms with E-state index < -0.39 is 0 Å². The van der Waals surface area contributed by atoms with E-state index in [2.05, 4.69) is 15.4 Å². The molecule has 1 saturated carbocycles. The van der Waals surface area contributed by atoms with E-state index in [1.807, 2.05) is 48.7 Å². The van der Waals surface area contributed by atoms with E-state index in [0.29, 0.717) is 12.4 Å². The number of benzene rings is 1. The highest BCUT2D eigenvalue weighted by Gasteiger charge is 2.18. The molecule has 2 aromatic heterocycles. The molecule has 144 valence electrons. The highest BCUT2D eigenvalue weighted by atomic mass is 16.5. The Morgan fingerprint density at radius 3 is 2.79 bits per heavy atom. The Kier molecular flexibility index (Phi) is 5.66. The van der Waals surface area contributed by atoms with Gasteiger partial charge in [-0.3, -0.25) is 4.79 Å². The smallest absolute Gasteiger partial charge is 0.224 e. The number of nitrogens with zero attached hydrogens (tertiary/aromatic N) is 3. The monoisotopic (exact) mass is 376 g/mol. The van der Waals surface area contributed by atoms with Crippen LogP contribution < -0.4 is 10.1 Å². The summed E-state index contributed by atoms with van der Waals surface area (Å²) in [6, 6.07) is 13.7. The Morgan fingerprint density at radius 2 is 1.96 bits per heavy atom. The fourth-order valence-corrected chi connectivity index (χ4v) is 3.44. The molecule has 1 fully saturated rings. The van der Waals surface area contributed by atoms with E-state index in [1.54, 1.807) is 17.1 Å². The molecule has 0 unspecified atom stereocenters. The summed E-state index contributed by atoms with van der Waals surface area (Å²) in [6.45, 7) is 0.404. The summed E-state index contributed by atoms with van der Waals surface area (Å²) < 4.78 is 7.81. The van der Waals surface area contributed by atoms with Crippen molar-refractivity contribution in [3.05, 3.63) is 72.2 Å². The first-order valence-electron chi connectivity index (χ1n) is 9.74. The molecule has 0 spiro atoms. The molecule has 2 heterocycles. The number of carbonyl (C=O) groups is 1. The van der Waals surface area contributed by atoms with E-state index >= 15 is 0 Å². The van der Waals surface area contributed by atoms with Crippen LogP contribution >= 0.6 is 0 Å². The number of rotatable bonds is 7. The van der Waals surface area contributed by atoms with Gasteiger partial charge in [0.05, 0.1) is 18.3 Å². The van der Waals surface area contributed by atoms with Gasteiger partial charge in [-0.2, -0.15) is 5.10 Å². The van der Waals surface area contributed by atoms with Crippen LogP contribution in [0, 0.1) is 0 Å². The lowest BCUT2D eigenvalue weighted by molar-refractivity contribution is -0.120. The van der Waals surface area contributed by atoms with Crippen molar-refractivity contribution in [3.63, 3.8) is 0 Å². The molecule has 0 radical (unpaired) electrons. The van der Waals surface area contributed by atoms with Crippen LogP contribution in [0.4, 0.5) is 0 Å². The van der Waals surface area contributed by atoms with Gasteiger partial charge in [-0.1, -0.05) is 24.3 Å². The molecule has 6 heteroatoms. The summed E-state index contributed by atoms with van der Waals surface area (Å²) in [5, 5.41) is 7.30. The Hall–Kier alpha value is -3.15. The Balaban J connectivity index is 1.33. The van der Waals surface area contributed by atoms with Gasteiger partial charge < -0.3 is 10.1 Å². The minimum absolute atomic E-state index is 0.0525. The molecular weight excluding hydrogens is 352 g/mol. The first-order chi connectivity index (χ1) is 13.8. The molecule has 3 aromatic rings.